The quantitative estimate of drug-likeness (QED) is 0.688. The van der Waals surface area contributed by atoms with Gasteiger partial charge in [-0.1, -0.05) is 48.0 Å². The van der Waals surface area contributed by atoms with Gasteiger partial charge >= 0.3 is 0 Å². The first-order chi connectivity index (χ1) is 12.4. The molecule has 2 N–H and O–H groups in total. The molecule has 0 bridgehead atoms. The zero-order valence-electron chi connectivity index (χ0n) is 14.7. The predicted octanol–water partition coefficient (Wildman–Crippen LogP) is 4.11. The number of sulfonamides is 1. The van der Waals surface area contributed by atoms with E-state index in [1.165, 1.54) is 11.8 Å². The number of aromatic nitrogens is 1. The average Bonchev–Trinajstić information content (AvgIpc) is 2.61. The maximum absolute atomic E-state index is 12.5. The molecular formula is C20H21N3O2S. The van der Waals surface area contributed by atoms with Gasteiger partial charge in [0, 0.05) is 6.54 Å². The SMILES string of the molecule is Cc1cccc(CNc2ccc(NS(=O)(=O)c3ccccc3C)cn2)c1. The molecule has 0 aliphatic rings. The minimum Gasteiger partial charge on any atom is -0.366 e. The molecule has 0 amide bonds. The number of pyridine rings is 1. The lowest BCUT2D eigenvalue weighted by atomic mass is 10.1. The molecule has 1 heterocycles. The smallest absolute Gasteiger partial charge is 0.262 e. The van der Waals surface area contributed by atoms with Crippen LogP contribution in [0.25, 0.3) is 0 Å². The van der Waals surface area contributed by atoms with Crippen molar-refractivity contribution in [2.45, 2.75) is 25.3 Å². The summed E-state index contributed by atoms with van der Waals surface area (Å²) in [4.78, 5) is 4.54. The van der Waals surface area contributed by atoms with E-state index in [4.69, 9.17) is 0 Å². The predicted molar refractivity (Wildman–Crippen MR) is 105 cm³/mol. The fourth-order valence-corrected chi connectivity index (χ4v) is 3.93. The summed E-state index contributed by atoms with van der Waals surface area (Å²) >= 11 is 0. The molecule has 6 heteroatoms. The van der Waals surface area contributed by atoms with E-state index in [0.29, 0.717) is 23.6 Å². The number of hydrogen-bond acceptors (Lipinski definition) is 4. The minimum absolute atomic E-state index is 0.265. The maximum atomic E-state index is 12.5. The highest BCUT2D eigenvalue weighted by molar-refractivity contribution is 7.92. The number of benzene rings is 2. The van der Waals surface area contributed by atoms with Crippen LogP contribution in [0.5, 0.6) is 0 Å². The molecule has 0 saturated heterocycles. The molecular weight excluding hydrogens is 346 g/mol. The van der Waals surface area contributed by atoms with Gasteiger partial charge in [0.15, 0.2) is 0 Å². The van der Waals surface area contributed by atoms with Crippen molar-refractivity contribution in [1.82, 2.24) is 4.98 Å². The van der Waals surface area contributed by atoms with E-state index in [-0.39, 0.29) is 4.90 Å². The van der Waals surface area contributed by atoms with E-state index in [1.807, 2.05) is 18.2 Å². The van der Waals surface area contributed by atoms with Crippen molar-refractivity contribution in [3.63, 3.8) is 0 Å². The van der Waals surface area contributed by atoms with E-state index in [9.17, 15) is 8.42 Å². The summed E-state index contributed by atoms with van der Waals surface area (Å²) < 4.78 is 27.6. The molecule has 0 radical (unpaired) electrons. The summed E-state index contributed by atoms with van der Waals surface area (Å²) in [5.74, 6) is 0.686. The third-order valence-electron chi connectivity index (χ3n) is 3.95. The molecule has 3 aromatic rings. The van der Waals surface area contributed by atoms with Crippen molar-refractivity contribution in [3.8, 4) is 0 Å². The molecule has 5 nitrogen and oxygen atoms in total. The molecule has 26 heavy (non-hydrogen) atoms. The highest BCUT2D eigenvalue weighted by Gasteiger charge is 2.16. The lowest BCUT2D eigenvalue weighted by Gasteiger charge is -2.11. The molecule has 0 fully saturated rings. The number of nitrogens with one attached hydrogen (secondary N) is 2. The third kappa shape index (κ3) is 4.40. The molecule has 134 valence electrons. The lowest BCUT2D eigenvalue weighted by molar-refractivity contribution is 0.600. The summed E-state index contributed by atoms with van der Waals surface area (Å²) in [5, 5.41) is 3.23. The fourth-order valence-electron chi connectivity index (χ4n) is 2.64. The Morgan fingerprint density at radius 3 is 2.46 bits per heavy atom. The van der Waals surface area contributed by atoms with Gasteiger partial charge in [-0.2, -0.15) is 0 Å². The number of rotatable bonds is 6. The van der Waals surface area contributed by atoms with E-state index in [1.54, 1.807) is 37.3 Å². The van der Waals surface area contributed by atoms with Crippen LogP contribution in [0.2, 0.25) is 0 Å². The van der Waals surface area contributed by atoms with Crippen LogP contribution in [-0.4, -0.2) is 13.4 Å². The number of nitrogens with zero attached hydrogens (tertiary/aromatic N) is 1. The zero-order valence-corrected chi connectivity index (χ0v) is 15.5. The van der Waals surface area contributed by atoms with Crippen LogP contribution in [0.4, 0.5) is 11.5 Å². The first kappa shape index (κ1) is 17.9. The van der Waals surface area contributed by atoms with Crippen molar-refractivity contribution in [2.75, 3.05) is 10.0 Å². The molecule has 2 aromatic carbocycles. The monoisotopic (exact) mass is 367 g/mol. The summed E-state index contributed by atoms with van der Waals surface area (Å²) in [6, 6.07) is 18.5. The normalized spacial score (nSPS) is 11.2. The van der Waals surface area contributed by atoms with Gasteiger partial charge in [-0.3, -0.25) is 4.72 Å². The van der Waals surface area contributed by atoms with Gasteiger partial charge in [0.2, 0.25) is 0 Å². The van der Waals surface area contributed by atoms with Crippen molar-refractivity contribution < 1.29 is 8.42 Å². The van der Waals surface area contributed by atoms with E-state index < -0.39 is 10.0 Å². The van der Waals surface area contributed by atoms with Crippen LogP contribution < -0.4 is 10.0 Å². The zero-order chi connectivity index (χ0) is 18.6. The Morgan fingerprint density at radius 2 is 1.77 bits per heavy atom. The largest absolute Gasteiger partial charge is 0.366 e. The van der Waals surface area contributed by atoms with Gasteiger partial charge < -0.3 is 5.32 Å². The van der Waals surface area contributed by atoms with Gasteiger partial charge in [0.1, 0.15) is 5.82 Å². The van der Waals surface area contributed by atoms with E-state index in [0.717, 1.165) is 5.56 Å². The Labute approximate surface area is 154 Å². The van der Waals surface area contributed by atoms with Gasteiger partial charge in [-0.15, -0.1) is 0 Å². The second kappa shape index (κ2) is 7.58. The highest BCUT2D eigenvalue weighted by atomic mass is 32.2. The second-order valence-electron chi connectivity index (χ2n) is 6.15. The number of hydrogen-bond donors (Lipinski definition) is 2. The maximum Gasteiger partial charge on any atom is 0.262 e. The first-order valence-electron chi connectivity index (χ1n) is 8.28. The molecule has 3 rings (SSSR count). The van der Waals surface area contributed by atoms with Crippen molar-refractivity contribution in [1.29, 1.82) is 0 Å². The summed E-state index contributed by atoms with van der Waals surface area (Å²) in [5.41, 5.74) is 3.49. The number of anilines is 2. The van der Waals surface area contributed by atoms with E-state index in [2.05, 4.69) is 34.1 Å². The van der Waals surface area contributed by atoms with Gasteiger partial charge in [-0.25, -0.2) is 13.4 Å². The summed E-state index contributed by atoms with van der Waals surface area (Å²) in [6.45, 7) is 4.48. The molecule has 0 aliphatic heterocycles. The van der Waals surface area contributed by atoms with Gasteiger partial charge in [0.05, 0.1) is 16.8 Å². The molecule has 0 atom stereocenters. The van der Waals surface area contributed by atoms with Gasteiger partial charge in [0.25, 0.3) is 10.0 Å². The molecule has 0 aliphatic carbocycles. The topological polar surface area (TPSA) is 71.1 Å². The highest BCUT2D eigenvalue weighted by Crippen LogP contribution is 2.19. The van der Waals surface area contributed by atoms with Gasteiger partial charge in [-0.05, 0) is 43.2 Å². The molecule has 0 saturated carbocycles. The molecule has 0 unspecified atom stereocenters. The Kier molecular flexibility index (Phi) is 5.23. The van der Waals surface area contributed by atoms with Crippen molar-refractivity contribution >= 4 is 21.5 Å². The fraction of sp³-hybridized carbons (Fsp3) is 0.150. The summed E-state index contributed by atoms with van der Waals surface area (Å²) in [6.07, 6.45) is 1.51. The second-order valence-corrected chi connectivity index (χ2v) is 7.80. The van der Waals surface area contributed by atoms with Crippen molar-refractivity contribution in [3.05, 3.63) is 83.6 Å². The summed E-state index contributed by atoms with van der Waals surface area (Å²) in [7, 11) is -3.63. The van der Waals surface area contributed by atoms with E-state index >= 15 is 0 Å². The first-order valence-corrected chi connectivity index (χ1v) is 9.76. The van der Waals surface area contributed by atoms with Crippen LogP contribution in [0, 0.1) is 13.8 Å². The van der Waals surface area contributed by atoms with Crippen LogP contribution in [0.15, 0.2) is 71.8 Å². The van der Waals surface area contributed by atoms with Crippen molar-refractivity contribution in [2.24, 2.45) is 0 Å². The van der Waals surface area contributed by atoms with Crippen LogP contribution in [0.1, 0.15) is 16.7 Å². The third-order valence-corrected chi connectivity index (χ3v) is 5.50. The molecule has 0 spiro atoms. The lowest BCUT2D eigenvalue weighted by Crippen LogP contribution is -2.14. The minimum atomic E-state index is -3.63. The van der Waals surface area contributed by atoms with Crippen LogP contribution in [-0.2, 0) is 16.6 Å². The van der Waals surface area contributed by atoms with Crippen LogP contribution >= 0.6 is 0 Å². The number of aryl methyl sites for hydroxylation is 2. The Balaban J connectivity index is 1.67. The standard InChI is InChI=1S/C20H21N3O2S/c1-15-6-5-8-17(12-15)13-21-20-11-10-18(14-22-20)23-26(24,25)19-9-4-3-7-16(19)2/h3-12,14,23H,13H2,1-2H3,(H,21,22). The Bertz CT molecular complexity index is 1000. The Morgan fingerprint density at radius 1 is 0.962 bits per heavy atom. The Hall–Kier alpha value is -2.86. The average molecular weight is 367 g/mol. The molecule has 1 aromatic heterocycles. The van der Waals surface area contributed by atoms with Crippen LogP contribution in [0.3, 0.4) is 0 Å².